The number of hydrogen-bond acceptors (Lipinski definition) is 7. The van der Waals surface area contributed by atoms with Gasteiger partial charge in [-0.25, -0.2) is 18.4 Å². The summed E-state index contributed by atoms with van der Waals surface area (Å²) in [5, 5.41) is 4.53. The maximum atomic E-state index is 12.5. The van der Waals surface area contributed by atoms with Crippen LogP contribution in [0.25, 0.3) is 0 Å². The number of carbonyl (C=O) groups excluding carboxylic acids is 1. The number of fused-ring (bicyclic) bond motifs is 1. The highest BCUT2D eigenvalue weighted by molar-refractivity contribution is 7.97. The van der Waals surface area contributed by atoms with E-state index < -0.39 is 15.8 Å². The minimum absolute atomic E-state index is 0.116. The van der Waals surface area contributed by atoms with Crippen LogP contribution in [0.5, 0.6) is 0 Å². The molecule has 23 heavy (non-hydrogen) atoms. The number of thiophene rings is 1. The summed E-state index contributed by atoms with van der Waals surface area (Å²) in [4.78, 5) is 20.4. The number of Topliss-reactive ketones (excluding diaryl/α,β-unsaturated/α-hetero) is 1. The maximum Gasteiger partial charge on any atom is 0.269 e. The van der Waals surface area contributed by atoms with E-state index >= 15 is 0 Å². The number of halogens is 1. The third-order valence-electron chi connectivity index (χ3n) is 3.21. The molecule has 3 rings (SSSR count). The minimum Gasteiger partial charge on any atom is -0.329 e. The predicted molar refractivity (Wildman–Crippen MR) is 89.5 cm³/mol. The first kappa shape index (κ1) is 15.9. The van der Waals surface area contributed by atoms with Crippen molar-refractivity contribution >= 4 is 50.4 Å². The summed E-state index contributed by atoms with van der Waals surface area (Å²) >= 11 is 7.02. The van der Waals surface area contributed by atoms with Gasteiger partial charge in [0.05, 0.1) is 5.69 Å². The number of rotatable bonds is 2. The van der Waals surface area contributed by atoms with Crippen LogP contribution in [-0.4, -0.2) is 31.2 Å². The van der Waals surface area contributed by atoms with Gasteiger partial charge in [-0.3, -0.25) is 9.10 Å². The Morgan fingerprint density at radius 3 is 2.83 bits per heavy atom. The van der Waals surface area contributed by atoms with Gasteiger partial charge < -0.3 is 5.32 Å². The smallest absolute Gasteiger partial charge is 0.269 e. The average molecular weight is 371 g/mol. The number of nitrogens with zero attached hydrogens (tertiary/aromatic N) is 3. The normalized spacial score (nSPS) is 18.1. The maximum absolute atomic E-state index is 12.5. The van der Waals surface area contributed by atoms with E-state index in [9.17, 15) is 13.2 Å². The zero-order valence-electron chi connectivity index (χ0n) is 12.1. The number of carbonyl (C=O) groups is 1. The van der Waals surface area contributed by atoms with Gasteiger partial charge in [0.2, 0.25) is 11.7 Å². The first-order valence-corrected chi connectivity index (χ1v) is 9.09. The zero-order valence-corrected chi connectivity index (χ0v) is 14.5. The Labute approximate surface area is 141 Å². The molecule has 0 fully saturated rings. The predicted octanol–water partition coefficient (Wildman–Crippen LogP) is 2.42. The standard InChI is InChI=1S/C13H11ClN4O3S2/c1-7-5-10(14)17-13(16-7)15-6-9-11(19)12-8(3-4-22-12)18(2)23(9,20)21/h3-6H,1-2H3,(H,15,16,17)/b9-6-. The van der Waals surface area contributed by atoms with Crippen LogP contribution < -0.4 is 9.62 Å². The fourth-order valence-corrected chi connectivity index (χ4v) is 4.58. The molecule has 0 atom stereocenters. The van der Waals surface area contributed by atoms with Crippen LogP contribution in [0, 0.1) is 6.92 Å². The number of ketones is 1. The topological polar surface area (TPSA) is 92.3 Å². The Morgan fingerprint density at radius 1 is 1.39 bits per heavy atom. The molecule has 0 unspecified atom stereocenters. The Balaban J connectivity index is 2.03. The molecule has 1 aliphatic rings. The Bertz CT molecular complexity index is 916. The van der Waals surface area contributed by atoms with E-state index in [-0.39, 0.29) is 16.0 Å². The molecule has 0 saturated carbocycles. The van der Waals surface area contributed by atoms with Gasteiger partial charge in [0.25, 0.3) is 10.0 Å². The van der Waals surface area contributed by atoms with E-state index in [4.69, 9.17) is 11.6 Å². The number of allylic oxidation sites excluding steroid dienone is 1. The zero-order chi connectivity index (χ0) is 16.8. The first-order chi connectivity index (χ1) is 10.8. The molecule has 0 spiro atoms. The summed E-state index contributed by atoms with van der Waals surface area (Å²) in [6, 6.07) is 3.16. The van der Waals surface area contributed by atoms with Crippen LogP contribution in [0.4, 0.5) is 11.6 Å². The third kappa shape index (κ3) is 2.71. The monoisotopic (exact) mass is 370 g/mol. The van der Waals surface area contributed by atoms with Gasteiger partial charge in [-0.05, 0) is 24.4 Å². The minimum atomic E-state index is -3.92. The van der Waals surface area contributed by atoms with Gasteiger partial charge in [-0.2, -0.15) is 0 Å². The molecule has 10 heteroatoms. The van der Waals surface area contributed by atoms with Crippen molar-refractivity contribution in [2.75, 3.05) is 16.7 Å². The fraction of sp³-hybridized carbons (Fsp3) is 0.154. The summed E-state index contributed by atoms with van der Waals surface area (Å²) in [5.74, 6) is -0.440. The van der Waals surface area contributed by atoms with Crippen molar-refractivity contribution in [3.63, 3.8) is 0 Å². The molecule has 7 nitrogen and oxygen atoms in total. The Hall–Kier alpha value is -1.97. The van der Waals surface area contributed by atoms with Crippen molar-refractivity contribution in [2.45, 2.75) is 6.92 Å². The summed E-state index contributed by atoms with van der Waals surface area (Å²) in [6.07, 6.45) is 1.10. The largest absolute Gasteiger partial charge is 0.329 e. The van der Waals surface area contributed by atoms with Crippen molar-refractivity contribution in [2.24, 2.45) is 0 Å². The molecule has 0 aliphatic carbocycles. The third-order valence-corrected chi connectivity index (χ3v) is 6.08. The Kier molecular flexibility index (Phi) is 3.86. The molecule has 2 aromatic rings. The molecule has 1 aliphatic heterocycles. The van der Waals surface area contributed by atoms with Gasteiger partial charge in [0.1, 0.15) is 10.0 Å². The molecule has 0 aromatic carbocycles. The number of aryl methyl sites for hydroxylation is 1. The number of nitrogens with one attached hydrogen (secondary N) is 1. The second-order valence-corrected chi connectivity index (χ2v) is 7.99. The first-order valence-electron chi connectivity index (χ1n) is 6.39. The second-order valence-electron chi connectivity index (χ2n) is 4.75. The van der Waals surface area contributed by atoms with Crippen molar-refractivity contribution in [3.8, 4) is 0 Å². The number of anilines is 2. The van der Waals surface area contributed by atoms with Crippen molar-refractivity contribution in [3.05, 3.63) is 44.3 Å². The van der Waals surface area contributed by atoms with Crippen molar-refractivity contribution in [1.29, 1.82) is 0 Å². The van der Waals surface area contributed by atoms with Crippen LogP contribution in [-0.2, 0) is 10.0 Å². The summed E-state index contributed by atoms with van der Waals surface area (Å²) in [6.45, 7) is 1.72. The molecule has 0 bridgehead atoms. The fourth-order valence-electron chi connectivity index (χ4n) is 2.09. The average Bonchev–Trinajstić information content (AvgIpc) is 2.93. The summed E-state index contributed by atoms with van der Waals surface area (Å²) < 4.78 is 26.0. The van der Waals surface area contributed by atoms with Crippen LogP contribution in [0.2, 0.25) is 5.15 Å². The van der Waals surface area contributed by atoms with Crippen molar-refractivity contribution < 1.29 is 13.2 Å². The summed E-state index contributed by atoms with van der Waals surface area (Å²) in [7, 11) is -2.52. The van der Waals surface area contributed by atoms with Crippen molar-refractivity contribution in [1.82, 2.24) is 9.97 Å². The molecule has 0 radical (unpaired) electrons. The number of aromatic nitrogens is 2. The van der Waals surface area contributed by atoms with Gasteiger partial charge in [0.15, 0.2) is 4.91 Å². The summed E-state index contributed by atoms with van der Waals surface area (Å²) in [5.41, 5.74) is 0.994. The van der Waals surface area contributed by atoms with E-state index in [0.29, 0.717) is 16.3 Å². The molecule has 120 valence electrons. The molecule has 0 saturated heterocycles. The van der Waals surface area contributed by atoms with Gasteiger partial charge in [-0.15, -0.1) is 11.3 Å². The lowest BCUT2D eigenvalue weighted by Gasteiger charge is -2.25. The molecule has 0 amide bonds. The van der Waals surface area contributed by atoms with Crippen LogP contribution in [0.3, 0.4) is 0 Å². The van der Waals surface area contributed by atoms with E-state index in [1.54, 1.807) is 24.4 Å². The van der Waals surface area contributed by atoms with Crippen LogP contribution in [0.1, 0.15) is 15.4 Å². The molecule has 1 N–H and O–H groups in total. The lowest BCUT2D eigenvalue weighted by atomic mass is 10.2. The van der Waals surface area contributed by atoms with E-state index in [1.807, 2.05) is 0 Å². The number of hydrogen-bond donors (Lipinski definition) is 1. The van der Waals surface area contributed by atoms with Gasteiger partial charge >= 0.3 is 0 Å². The second kappa shape index (κ2) is 5.59. The van der Waals surface area contributed by atoms with Gasteiger partial charge in [-0.1, -0.05) is 11.6 Å². The lowest BCUT2D eigenvalue weighted by molar-refractivity contribution is 0.104. The highest BCUT2D eigenvalue weighted by atomic mass is 35.5. The molecular formula is C13H11ClN4O3S2. The van der Waals surface area contributed by atoms with E-state index in [0.717, 1.165) is 10.5 Å². The quantitative estimate of drug-likeness (QED) is 0.644. The molecular weight excluding hydrogens is 360 g/mol. The highest BCUT2D eigenvalue weighted by Gasteiger charge is 2.39. The van der Waals surface area contributed by atoms with E-state index in [1.165, 1.54) is 18.4 Å². The molecule has 3 heterocycles. The van der Waals surface area contributed by atoms with Gasteiger partial charge in [0, 0.05) is 18.9 Å². The number of sulfonamides is 1. The van der Waals surface area contributed by atoms with E-state index in [2.05, 4.69) is 15.3 Å². The van der Waals surface area contributed by atoms with Crippen LogP contribution >= 0.6 is 22.9 Å². The Morgan fingerprint density at radius 2 is 2.13 bits per heavy atom. The SMILES string of the molecule is Cc1cc(Cl)nc(N/C=C2/C(=O)c3sccc3N(C)S2(=O)=O)n1. The molecule has 2 aromatic heterocycles. The van der Waals surface area contributed by atoms with Crippen LogP contribution in [0.15, 0.2) is 28.6 Å². The lowest BCUT2D eigenvalue weighted by Crippen LogP contribution is -2.35. The highest BCUT2D eigenvalue weighted by Crippen LogP contribution is 2.37.